The molecule has 1 aliphatic heterocycles. The molecule has 3 heterocycles. The molecular weight excluding hydrogens is 433 g/mol. The largest absolute Gasteiger partial charge is 0.497 e. The van der Waals surface area contributed by atoms with Crippen LogP contribution in [0, 0.1) is 5.82 Å². The Kier molecular flexibility index (Phi) is 6.03. The monoisotopic (exact) mass is 457 g/mol. The van der Waals surface area contributed by atoms with Crippen molar-refractivity contribution in [1.29, 1.82) is 0 Å². The summed E-state index contributed by atoms with van der Waals surface area (Å²) in [5.74, 6) is 1.17. The Morgan fingerprint density at radius 1 is 1.06 bits per heavy atom. The first-order valence-electron chi connectivity index (χ1n) is 11.2. The molecule has 0 radical (unpaired) electrons. The third-order valence-corrected chi connectivity index (χ3v) is 6.10. The van der Waals surface area contributed by atoms with Gasteiger partial charge in [0.25, 0.3) is 5.91 Å². The fourth-order valence-electron chi connectivity index (χ4n) is 4.25. The molecular formula is C26H24FN5O2. The zero-order chi connectivity index (χ0) is 23.5. The van der Waals surface area contributed by atoms with Gasteiger partial charge in [-0.3, -0.25) is 9.78 Å². The lowest BCUT2D eigenvalue weighted by Gasteiger charge is -2.33. The first kappa shape index (κ1) is 21.8. The normalized spacial score (nSPS) is 14.2. The van der Waals surface area contributed by atoms with E-state index in [1.54, 1.807) is 37.7 Å². The van der Waals surface area contributed by atoms with Crippen LogP contribution in [0.25, 0.3) is 22.2 Å². The van der Waals surface area contributed by atoms with Gasteiger partial charge in [0, 0.05) is 36.3 Å². The third kappa shape index (κ3) is 4.52. The van der Waals surface area contributed by atoms with Crippen LogP contribution in [-0.4, -0.2) is 47.1 Å². The molecule has 0 bridgehead atoms. The molecule has 0 atom stereocenters. The molecule has 5 rings (SSSR count). The number of amides is 1. The van der Waals surface area contributed by atoms with Crippen LogP contribution < -0.4 is 15.0 Å². The van der Waals surface area contributed by atoms with Gasteiger partial charge in [0.1, 0.15) is 23.7 Å². The molecule has 8 heteroatoms. The zero-order valence-corrected chi connectivity index (χ0v) is 18.7. The molecule has 34 heavy (non-hydrogen) atoms. The number of aromatic nitrogens is 3. The topological polar surface area (TPSA) is 80.2 Å². The maximum atomic E-state index is 13.5. The van der Waals surface area contributed by atoms with Gasteiger partial charge in [-0.1, -0.05) is 12.1 Å². The molecule has 172 valence electrons. The molecule has 1 fully saturated rings. The molecule has 2 aromatic carbocycles. The molecule has 4 aromatic rings. The van der Waals surface area contributed by atoms with Crippen LogP contribution >= 0.6 is 0 Å². The number of hydrogen-bond acceptors (Lipinski definition) is 6. The number of ether oxygens (including phenoxy) is 1. The number of rotatable bonds is 5. The van der Waals surface area contributed by atoms with Gasteiger partial charge in [0.15, 0.2) is 0 Å². The summed E-state index contributed by atoms with van der Waals surface area (Å²) in [6.07, 6.45) is 4.72. The van der Waals surface area contributed by atoms with Crippen molar-refractivity contribution in [2.24, 2.45) is 0 Å². The van der Waals surface area contributed by atoms with E-state index in [2.05, 4.69) is 25.2 Å². The zero-order valence-electron chi connectivity index (χ0n) is 18.7. The summed E-state index contributed by atoms with van der Waals surface area (Å²) in [5.41, 5.74) is 2.65. The number of hydrogen-bond donors (Lipinski definition) is 1. The summed E-state index contributed by atoms with van der Waals surface area (Å²) in [5, 5.41) is 4.07. The summed E-state index contributed by atoms with van der Waals surface area (Å²) in [4.78, 5) is 28.2. The van der Waals surface area contributed by atoms with Gasteiger partial charge in [0.2, 0.25) is 0 Å². The lowest BCUT2D eigenvalue weighted by Crippen LogP contribution is -2.45. The van der Waals surface area contributed by atoms with Crippen LogP contribution in [0.2, 0.25) is 0 Å². The van der Waals surface area contributed by atoms with Crippen molar-refractivity contribution in [2.75, 3.05) is 25.1 Å². The minimum atomic E-state index is -0.318. The molecule has 1 saturated heterocycles. The van der Waals surface area contributed by atoms with Gasteiger partial charge in [-0.25, -0.2) is 14.4 Å². The van der Waals surface area contributed by atoms with E-state index >= 15 is 0 Å². The molecule has 1 amide bonds. The second-order valence-corrected chi connectivity index (χ2v) is 8.26. The summed E-state index contributed by atoms with van der Waals surface area (Å²) in [6, 6.07) is 15.5. The summed E-state index contributed by atoms with van der Waals surface area (Å²) >= 11 is 0. The van der Waals surface area contributed by atoms with Gasteiger partial charge in [-0.2, -0.15) is 0 Å². The van der Waals surface area contributed by atoms with E-state index in [9.17, 15) is 9.18 Å². The van der Waals surface area contributed by atoms with E-state index in [0.29, 0.717) is 16.8 Å². The highest BCUT2D eigenvalue weighted by atomic mass is 19.1. The van der Waals surface area contributed by atoms with Crippen LogP contribution in [0.1, 0.15) is 23.2 Å². The first-order chi connectivity index (χ1) is 16.6. The fraction of sp³-hybridized carbons (Fsp3) is 0.231. The van der Waals surface area contributed by atoms with E-state index in [0.717, 1.165) is 48.4 Å². The Morgan fingerprint density at radius 3 is 2.65 bits per heavy atom. The standard InChI is InChI=1S/C26H24FN5O2/c1-34-21-6-8-24-22(14-21)25(30-16-29-24)32-11-9-20(10-12-32)31-26(33)18-5-7-23(28-15-18)17-3-2-4-19(27)13-17/h2-8,13-16,20H,9-12H2,1H3,(H,31,33). The minimum Gasteiger partial charge on any atom is -0.497 e. The van der Waals surface area contributed by atoms with Crippen LogP contribution in [-0.2, 0) is 0 Å². The van der Waals surface area contributed by atoms with Gasteiger partial charge in [0.05, 0.1) is 23.9 Å². The van der Waals surface area contributed by atoms with Gasteiger partial charge >= 0.3 is 0 Å². The highest BCUT2D eigenvalue weighted by Crippen LogP contribution is 2.28. The SMILES string of the molecule is COc1ccc2ncnc(N3CCC(NC(=O)c4ccc(-c5cccc(F)c5)nc4)CC3)c2c1. The number of halogens is 1. The highest BCUT2D eigenvalue weighted by molar-refractivity contribution is 5.94. The van der Waals surface area contributed by atoms with Crippen molar-refractivity contribution in [2.45, 2.75) is 18.9 Å². The highest BCUT2D eigenvalue weighted by Gasteiger charge is 2.23. The predicted molar refractivity (Wildman–Crippen MR) is 128 cm³/mol. The maximum Gasteiger partial charge on any atom is 0.253 e. The van der Waals surface area contributed by atoms with Crippen molar-refractivity contribution >= 4 is 22.6 Å². The van der Waals surface area contributed by atoms with Crippen LogP contribution in [0.5, 0.6) is 5.75 Å². The van der Waals surface area contributed by atoms with E-state index in [-0.39, 0.29) is 17.8 Å². The van der Waals surface area contributed by atoms with E-state index < -0.39 is 0 Å². The average molecular weight is 458 g/mol. The number of nitrogens with zero attached hydrogens (tertiary/aromatic N) is 4. The second-order valence-electron chi connectivity index (χ2n) is 8.26. The lowest BCUT2D eigenvalue weighted by atomic mass is 10.0. The molecule has 1 N–H and O–H groups in total. The van der Waals surface area contributed by atoms with Crippen LogP contribution in [0.3, 0.4) is 0 Å². The molecule has 0 saturated carbocycles. The Balaban J connectivity index is 1.22. The lowest BCUT2D eigenvalue weighted by molar-refractivity contribution is 0.0930. The number of anilines is 1. The van der Waals surface area contributed by atoms with Gasteiger partial charge in [-0.05, 0) is 55.3 Å². The molecule has 7 nitrogen and oxygen atoms in total. The average Bonchev–Trinajstić information content (AvgIpc) is 2.88. The van der Waals surface area contributed by atoms with Gasteiger partial charge in [-0.15, -0.1) is 0 Å². The molecule has 1 aliphatic rings. The number of fused-ring (bicyclic) bond motifs is 1. The Bertz CT molecular complexity index is 1320. The molecule has 2 aromatic heterocycles. The number of benzene rings is 2. The van der Waals surface area contributed by atoms with Crippen LogP contribution in [0.15, 0.2) is 67.1 Å². The van der Waals surface area contributed by atoms with Gasteiger partial charge < -0.3 is 15.0 Å². The van der Waals surface area contributed by atoms with E-state index in [1.165, 1.54) is 18.3 Å². The molecule has 0 spiro atoms. The quantitative estimate of drug-likeness (QED) is 0.483. The minimum absolute atomic E-state index is 0.0642. The number of carbonyl (C=O) groups is 1. The smallest absolute Gasteiger partial charge is 0.253 e. The molecule has 0 unspecified atom stereocenters. The van der Waals surface area contributed by atoms with Crippen molar-refractivity contribution in [3.63, 3.8) is 0 Å². The van der Waals surface area contributed by atoms with E-state index in [1.807, 2.05) is 18.2 Å². The predicted octanol–water partition coefficient (Wildman–Crippen LogP) is 4.24. The first-order valence-corrected chi connectivity index (χ1v) is 11.2. The second kappa shape index (κ2) is 9.43. The van der Waals surface area contributed by atoms with Crippen LogP contribution in [0.4, 0.5) is 10.2 Å². The number of pyridine rings is 1. The third-order valence-electron chi connectivity index (χ3n) is 6.10. The number of methoxy groups -OCH3 is 1. The molecule has 0 aliphatic carbocycles. The summed E-state index contributed by atoms with van der Waals surface area (Å²) < 4.78 is 18.8. The number of carbonyl (C=O) groups excluding carboxylic acids is 1. The Hall–Kier alpha value is -4.07. The van der Waals surface area contributed by atoms with Crippen molar-refractivity contribution in [1.82, 2.24) is 20.3 Å². The summed E-state index contributed by atoms with van der Waals surface area (Å²) in [6.45, 7) is 1.54. The summed E-state index contributed by atoms with van der Waals surface area (Å²) in [7, 11) is 1.64. The Labute approximate surface area is 196 Å². The van der Waals surface area contributed by atoms with Crippen molar-refractivity contribution in [3.8, 4) is 17.0 Å². The maximum absolute atomic E-state index is 13.5. The Morgan fingerprint density at radius 2 is 1.91 bits per heavy atom. The number of nitrogens with one attached hydrogen (secondary N) is 1. The van der Waals surface area contributed by atoms with E-state index in [4.69, 9.17) is 4.74 Å². The van der Waals surface area contributed by atoms with Crippen molar-refractivity contribution < 1.29 is 13.9 Å². The van der Waals surface area contributed by atoms with Crippen molar-refractivity contribution in [3.05, 3.63) is 78.5 Å². The fourth-order valence-corrected chi connectivity index (χ4v) is 4.25. The number of piperidine rings is 1.